The summed E-state index contributed by atoms with van der Waals surface area (Å²) in [6, 6.07) is 17.3. The van der Waals surface area contributed by atoms with Crippen LogP contribution in [0.15, 0.2) is 54.6 Å². The first-order valence-corrected chi connectivity index (χ1v) is 15.6. The van der Waals surface area contributed by atoms with Crippen LogP contribution in [0.3, 0.4) is 0 Å². The Morgan fingerprint density at radius 1 is 0.333 bits per heavy atom. The average Bonchev–Trinajstić information content (AvgIpc) is 3.06. The maximum absolute atomic E-state index is 5.64. The van der Waals surface area contributed by atoms with Crippen molar-refractivity contribution in [2.24, 2.45) is 0 Å². The summed E-state index contributed by atoms with van der Waals surface area (Å²) in [7, 11) is 0. The monoisotopic (exact) mass is 639 g/mol. The molecule has 0 aliphatic carbocycles. The third-order valence-electron chi connectivity index (χ3n) is 5.84. The van der Waals surface area contributed by atoms with E-state index in [1.165, 1.54) is 0 Å². The second kappa shape index (κ2) is 30.3. The largest absolute Gasteiger partial charge is 0.491 e. The highest BCUT2D eigenvalue weighted by atomic mass is 16.6. The van der Waals surface area contributed by atoms with Crippen LogP contribution in [0.1, 0.15) is 5.56 Å². The Hall–Kier alpha value is -2.36. The van der Waals surface area contributed by atoms with Crippen LogP contribution in [-0.2, 0) is 54.0 Å². The van der Waals surface area contributed by atoms with Crippen molar-refractivity contribution < 1.29 is 52.1 Å². The molecule has 0 heterocycles. The van der Waals surface area contributed by atoms with Crippen LogP contribution in [0.4, 0.5) is 5.69 Å². The van der Waals surface area contributed by atoms with Crippen molar-refractivity contribution in [2.75, 3.05) is 138 Å². The van der Waals surface area contributed by atoms with Crippen molar-refractivity contribution in [3.8, 4) is 5.75 Å². The summed E-state index contributed by atoms with van der Waals surface area (Å²) in [5.41, 5.74) is 7.51. The van der Waals surface area contributed by atoms with Crippen molar-refractivity contribution in [1.82, 2.24) is 0 Å². The van der Waals surface area contributed by atoms with Gasteiger partial charge >= 0.3 is 0 Å². The zero-order valence-corrected chi connectivity index (χ0v) is 26.6. The zero-order chi connectivity index (χ0) is 31.7. The van der Waals surface area contributed by atoms with Crippen LogP contribution in [0.25, 0.3) is 0 Å². The number of hydrogen-bond donors (Lipinski definition) is 1. The van der Waals surface area contributed by atoms with E-state index in [0.717, 1.165) is 11.3 Å². The molecule has 0 saturated heterocycles. The molecule has 2 aromatic rings. The van der Waals surface area contributed by atoms with Gasteiger partial charge < -0.3 is 57.8 Å². The maximum atomic E-state index is 5.64. The van der Waals surface area contributed by atoms with Gasteiger partial charge in [0, 0.05) is 5.69 Å². The van der Waals surface area contributed by atoms with Crippen molar-refractivity contribution in [2.45, 2.75) is 6.61 Å². The minimum absolute atomic E-state index is 0.477. The lowest BCUT2D eigenvalue weighted by molar-refractivity contribution is -0.0269. The minimum atomic E-state index is 0.477. The molecule has 2 N–H and O–H groups in total. The number of rotatable bonds is 33. The molecule has 0 fully saturated rings. The van der Waals surface area contributed by atoms with Gasteiger partial charge in [0.15, 0.2) is 0 Å². The topological polar surface area (TPSA) is 128 Å². The van der Waals surface area contributed by atoms with Gasteiger partial charge in [0.2, 0.25) is 0 Å². The first-order chi connectivity index (χ1) is 22.3. The van der Waals surface area contributed by atoms with Crippen molar-refractivity contribution >= 4 is 5.69 Å². The van der Waals surface area contributed by atoms with Crippen LogP contribution in [0.2, 0.25) is 0 Å². The molecule has 0 aliphatic heterocycles. The summed E-state index contributed by atoms with van der Waals surface area (Å²) in [6.45, 7) is 10.9. The van der Waals surface area contributed by atoms with E-state index in [-0.39, 0.29) is 0 Å². The molecule has 0 radical (unpaired) electrons. The Morgan fingerprint density at radius 3 is 1.00 bits per heavy atom. The van der Waals surface area contributed by atoms with Gasteiger partial charge in [-0.25, -0.2) is 0 Å². The van der Waals surface area contributed by atoms with Gasteiger partial charge in [-0.2, -0.15) is 0 Å². The van der Waals surface area contributed by atoms with Gasteiger partial charge in [-0.15, -0.1) is 0 Å². The molecule has 0 atom stereocenters. The number of anilines is 1. The SMILES string of the molecule is Nc1ccc(OCCOCCOCCOCCOCCOCCOCCOCCOCCOCCOCc2ccccc2)cc1. The van der Waals surface area contributed by atoms with Gasteiger partial charge in [-0.1, -0.05) is 30.3 Å². The van der Waals surface area contributed by atoms with Gasteiger partial charge in [0.05, 0.1) is 132 Å². The van der Waals surface area contributed by atoms with Crippen LogP contribution >= 0.6 is 0 Å². The van der Waals surface area contributed by atoms with Crippen LogP contribution in [-0.4, -0.2) is 132 Å². The fourth-order valence-corrected chi connectivity index (χ4v) is 3.53. The maximum Gasteiger partial charge on any atom is 0.119 e. The number of nitrogens with two attached hydrogens (primary N) is 1. The van der Waals surface area contributed by atoms with Gasteiger partial charge in [-0.05, 0) is 29.8 Å². The molecule has 256 valence electrons. The van der Waals surface area contributed by atoms with Gasteiger partial charge in [0.1, 0.15) is 12.4 Å². The van der Waals surface area contributed by atoms with Crippen LogP contribution in [0.5, 0.6) is 5.75 Å². The molecule has 0 spiro atoms. The summed E-state index contributed by atoms with van der Waals surface area (Å²) in [6.07, 6.45) is 0. The van der Waals surface area contributed by atoms with Crippen molar-refractivity contribution in [3.63, 3.8) is 0 Å². The zero-order valence-electron chi connectivity index (χ0n) is 26.6. The number of ether oxygens (including phenoxy) is 11. The third-order valence-corrected chi connectivity index (χ3v) is 5.84. The molecule has 0 saturated carbocycles. The minimum Gasteiger partial charge on any atom is -0.491 e. The van der Waals surface area contributed by atoms with Crippen LogP contribution < -0.4 is 10.5 Å². The van der Waals surface area contributed by atoms with E-state index < -0.39 is 0 Å². The molecule has 0 bridgehead atoms. The van der Waals surface area contributed by atoms with E-state index in [9.17, 15) is 0 Å². The van der Waals surface area contributed by atoms with Crippen LogP contribution in [0, 0.1) is 0 Å². The Balaban J connectivity index is 1.14. The Morgan fingerprint density at radius 2 is 0.644 bits per heavy atom. The quantitative estimate of drug-likeness (QED) is 0.0911. The first-order valence-electron chi connectivity index (χ1n) is 15.6. The molecule has 12 heteroatoms. The molecular weight excluding hydrogens is 586 g/mol. The lowest BCUT2D eigenvalue weighted by Crippen LogP contribution is -2.15. The molecular formula is C33H53NO11. The van der Waals surface area contributed by atoms with Gasteiger partial charge in [0.25, 0.3) is 0 Å². The highest BCUT2D eigenvalue weighted by Gasteiger charge is 1.97. The first kappa shape index (κ1) is 38.8. The normalized spacial score (nSPS) is 11.3. The fourth-order valence-electron chi connectivity index (χ4n) is 3.53. The number of nitrogen functional groups attached to an aromatic ring is 1. The second-order valence-corrected chi connectivity index (χ2v) is 9.47. The summed E-state index contributed by atoms with van der Waals surface area (Å²) in [5, 5.41) is 0. The summed E-state index contributed by atoms with van der Waals surface area (Å²) >= 11 is 0. The lowest BCUT2D eigenvalue weighted by atomic mass is 10.2. The number of benzene rings is 2. The molecule has 2 aromatic carbocycles. The van der Waals surface area contributed by atoms with E-state index >= 15 is 0 Å². The lowest BCUT2D eigenvalue weighted by Gasteiger charge is -2.09. The van der Waals surface area contributed by atoms with Gasteiger partial charge in [-0.3, -0.25) is 0 Å². The van der Waals surface area contributed by atoms with Crippen molar-refractivity contribution in [1.29, 1.82) is 0 Å². The molecule has 12 nitrogen and oxygen atoms in total. The molecule has 0 amide bonds. The Labute approximate surface area is 268 Å². The highest BCUT2D eigenvalue weighted by Crippen LogP contribution is 2.12. The van der Waals surface area contributed by atoms with E-state index in [0.29, 0.717) is 144 Å². The predicted molar refractivity (Wildman–Crippen MR) is 170 cm³/mol. The molecule has 0 aliphatic rings. The van der Waals surface area contributed by atoms with E-state index in [1.807, 2.05) is 42.5 Å². The van der Waals surface area contributed by atoms with E-state index in [4.69, 9.17) is 57.8 Å². The summed E-state index contributed by atoms with van der Waals surface area (Å²) < 4.78 is 60.5. The molecule has 45 heavy (non-hydrogen) atoms. The third kappa shape index (κ3) is 25.5. The Kier molecular flexibility index (Phi) is 26.1. The van der Waals surface area contributed by atoms with Crippen molar-refractivity contribution in [3.05, 3.63) is 60.2 Å². The van der Waals surface area contributed by atoms with E-state index in [2.05, 4.69) is 0 Å². The molecule has 0 aromatic heterocycles. The average molecular weight is 640 g/mol. The molecule has 2 rings (SSSR count). The van der Waals surface area contributed by atoms with E-state index in [1.54, 1.807) is 12.1 Å². The smallest absolute Gasteiger partial charge is 0.119 e. The summed E-state index contributed by atoms with van der Waals surface area (Å²) in [4.78, 5) is 0. The second-order valence-electron chi connectivity index (χ2n) is 9.47. The fraction of sp³-hybridized carbons (Fsp3) is 0.636. The molecule has 0 unspecified atom stereocenters. The predicted octanol–water partition coefficient (Wildman–Crippen LogP) is 3.01. The summed E-state index contributed by atoms with van der Waals surface area (Å²) in [5.74, 6) is 0.773. The highest BCUT2D eigenvalue weighted by molar-refractivity contribution is 5.41. The number of hydrogen-bond acceptors (Lipinski definition) is 12. The Bertz CT molecular complexity index is 877. The standard InChI is InChI=1S/C33H53NO11/c34-32-6-8-33(9-7-32)45-29-28-43-25-24-41-21-20-39-17-16-37-13-12-35-10-11-36-14-15-38-18-19-40-22-23-42-26-27-44-30-31-4-2-1-3-5-31/h1-9H,10-30,34H2.